The Morgan fingerprint density at radius 3 is 2.65 bits per heavy atom. The number of carbonyl (C=O) groups excluding carboxylic acids is 1. The molecule has 2 aromatic rings. The normalized spacial score (nSPS) is 22.7. The van der Waals surface area contributed by atoms with Crippen LogP contribution in [0.2, 0.25) is 0 Å². The Morgan fingerprint density at radius 2 is 1.90 bits per heavy atom. The van der Waals surface area contributed by atoms with Crippen LogP contribution in [0.1, 0.15) is 56.1 Å². The van der Waals surface area contributed by atoms with Gasteiger partial charge in [-0.1, -0.05) is 49.6 Å². The highest BCUT2D eigenvalue weighted by Gasteiger charge is 2.47. The van der Waals surface area contributed by atoms with Gasteiger partial charge in [-0.15, -0.1) is 0 Å². The quantitative estimate of drug-likeness (QED) is 0.659. The maximum atomic E-state index is 13.2. The molecule has 0 spiro atoms. The molecule has 1 aliphatic heterocycles. The number of nitrogens with one attached hydrogen (secondary N) is 1. The number of aliphatic hydroxyl groups is 1. The van der Waals surface area contributed by atoms with Crippen molar-refractivity contribution in [1.82, 2.24) is 10.2 Å². The van der Waals surface area contributed by atoms with Gasteiger partial charge in [-0.2, -0.15) is 0 Å². The molecule has 1 aliphatic carbocycles. The first-order chi connectivity index (χ1) is 15.1. The van der Waals surface area contributed by atoms with Gasteiger partial charge in [0, 0.05) is 31.6 Å². The van der Waals surface area contributed by atoms with Crippen molar-refractivity contribution in [2.45, 2.75) is 63.8 Å². The fraction of sp³-hybridized carbons (Fsp3) is 0.560. The van der Waals surface area contributed by atoms with Crippen LogP contribution in [0.3, 0.4) is 0 Å². The van der Waals surface area contributed by atoms with Crippen LogP contribution in [0.15, 0.2) is 46.9 Å². The van der Waals surface area contributed by atoms with Gasteiger partial charge >= 0.3 is 5.97 Å². The third kappa shape index (κ3) is 5.03. The van der Waals surface area contributed by atoms with Crippen LogP contribution in [-0.2, 0) is 28.3 Å². The molecular formula is C25H34N2O4. The zero-order valence-electron chi connectivity index (χ0n) is 18.4. The van der Waals surface area contributed by atoms with E-state index in [2.05, 4.69) is 17.1 Å². The molecule has 1 saturated carbocycles. The number of rotatable bonds is 7. The third-order valence-corrected chi connectivity index (χ3v) is 6.78. The zero-order chi connectivity index (χ0) is 21.7. The van der Waals surface area contributed by atoms with E-state index in [1.807, 2.05) is 42.5 Å². The number of hydrogen-bond acceptors (Lipinski definition) is 6. The molecule has 2 heterocycles. The van der Waals surface area contributed by atoms with Crippen LogP contribution in [0.25, 0.3) is 0 Å². The highest BCUT2D eigenvalue weighted by atomic mass is 16.6. The van der Waals surface area contributed by atoms with Crippen molar-refractivity contribution in [2.75, 3.05) is 19.6 Å². The summed E-state index contributed by atoms with van der Waals surface area (Å²) in [7, 11) is 0. The van der Waals surface area contributed by atoms with E-state index in [1.165, 1.54) is 0 Å². The number of hydrogen-bond donors (Lipinski definition) is 2. The second kappa shape index (κ2) is 9.98. The molecular weight excluding hydrogens is 392 g/mol. The van der Waals surface area contributed by atoms with E-state index in [-0.39, 0.29) is 12.5 Å². The maximum absolute atomic E-state index is 13.2. The molecule has 1 saturated heterocycles. The van der Waals surface area contributed by atoms with Gasteiger partial charge in [0.25, 0.3) is 0 Å². The molecule has 168 valence electrons. The minimum absolute atomic E-state index is 0.0256. The van der Waals surface area contributed by atoms with Crippen molar-refractivity contribution >= 4 is 5.97 Å². The van der Waals surface area contributed by atoms with Crippen molar-refractivity contribution < 1.29 is 19.1 Å². The Labute approximate surface area is 184 Å². The third-order valence-electron chi connectivity index (χ3n) is 6.78. The van der Waals surface area contributed by atoms with Gasteiger partial charge in [-0.05, 0) is 37.5 Å². The van der Waals surface area contributed by atoms with Crippen LogP contribution in [0.5, 0.6) is 0 Å². The Balaban J connectivity index is 1.42. The number of furan rings is 1. The first-order valence-electron chi connectivity index (χ1n) is 11.5. The van der Waals surface area contributed by atoms with E-state index in [0.717, 1.165) is 64.0 Å². The summed E-state index contributed by atoms with van der Waals surface area (Å²) in [4.78, 5) is 15.6. The monoisotopic (exact) mass is 426 g/mol. The van der Waals surface area contributed by atoms with E-state index < -0.39 is 11.6 Å². The number of nitrogens with zero attached hydrogens (tertiary/aromatic N) is 1. The standard InChI is InChI=1S/C25H34N2O4/c1-19-16-26-14-15-27(19)17-22-12-13-23(31-22)18-30-24(28)25(29,20-8-4-2-5-9-20)21-10-6-3-7-11-21/h2,4-5,8-9,12-13,19,21,26,29H,3,6-7,10-11,14-18H2,1H3/t19?,25-/m0/s1. The summed E-state index contributed by atoms with van der Waals surface area (Å²) in [6, 6.07) is 13.5. The van der Waals surface area contributed by atoms with Gasteiger partial charge in [0.1, 0.15) is 18.1 Å². The summed E-state index contributed by atoms with van der Waals surface area (Å²) < 4.78 is 11.5. The van der Waals surface area contributed by atoms with E-state index in [1.54, 1.807) is 0 Å². The predicted octanol–water partition coefficient (Wildman–Crippen LogP) is 3.58. The van der Waals surface area contributed by atoms with Gasteiger partial charge < -0.3 is 19.6 Å². The maximum Gasteiger partial charge on any atom is 0.343 e. The smallest absolute Gasteiger partial charge is 0.343 e. The fourth-order valence-corrected chi connectivity index (χ4v) is 4.88. The highest BCUT2D eigenvalue weighted by molar-refractivity contribution is 5.81. The lowest BCUT2D eigenvalue weighted by atomic mass is 9.73. The second-order valence-electron chi connectivity index (χ2n) is 8.94. The molecule has 4 rings (SSSR count). The predicted molar refractivity (Wildman–Crippen MR) is 118 cm³/mol. The van der Waals surface area contributed by atoms with Crippen molar-refractivity contribution in [3.63, 3.8) is 0 Å². The molecule has 1 aromatic heterocycles. The minimum Gasteiger partial charge on any atom is -0.461 e. The molecule has 1 aromatic carbocycles. The van der Waals surface area contributed by atoms with Crippen LogP contribution in [0, 0.1) is 5.92 Å². The van der Waals surface area contributed by atoms with Gasteiger partial charge in [0.2, 0.25) is 0 Å². The van der Waals surface area contributed by atoms with E-state index in [0.29, 0.717) is 17.4 Å². The molecule has 2 fully saturated rings. The lowest BCUT2D eigenvalue weighted by Gasteiger charge is -2.36. The molecule has 2 N–H and O–H groups in total. The molecule has 1 unspecified atom stereocenters. The zero-order valence-corrected chi connectivity index (χ0v) is 18.4. The number of esters is 1. The summed E-state index contributed by atoms with van der Waals surface area (Å²) >= 11 is 0. The number of carbonyl (C=O) groups is 1. The average Bonchev–Trinajstić information content (AvgIpc) is 3.27. The number of benzene rings is 1. The average molecular weight is 427 g/mol. The molecule has 0 bridgehead atoms. The van der Waals surface area contributed by atoms with Gasteiger partial charge in [-0.3, -0.25) is 4.90 Å². The van der Waals surface area contributed by atoms with Crippen LogP contribution in [-0.4, -0.2) is 41.7 Å². The lowest BCUT2D eigenvalue weighted by molar-refractivity contribution is -0.177. The first kappa shape index (κ1) is 22.1. The van der Waals surface area contributed by atoms with Crippen LogP contribution < -0.4 is 5.32 Å². The Bertz CT molecular complexity index is 846. The molecule has 6 heteroatoms. The van der Waals surface area contributed by atoms with Gasteiger partial charge in [0.15, 0.2) is 5.60 Å². The molecule has 31 heavy (non-hydrogen) atoms. The molecule has 2 atom stereocenters. The Kier molecular flexibility index (Phi) is 7.10. The van der Waals surface area contributed by atoms with Crippen molar-refractivity contribution in [1.29, 1.82) is 0 Å². The highest BCUT2D eigenvalue weighted by Crippen LogP contribution is 2.40. The molecule has 6 nitrogen and oxygen atoms in total. The molecule has 0 radical (unpaired) electrons. The van der Waals surface area contributed by atoms with E-state index >= 15 is 0 Å². The Morgan fingerprint density at radius 1 is 1.16 bits per heavy atom. The summed E-state index contributed by atoms with van der Waals surface area (Å²) in [5.41, 5.74) is -1.01. The molecule has 0 amide bonds. The number of piperazine rings is 1. The Hall–Kier alpha value is -2.15. The summed E-state index contributed by atoms with van der Waals surface area (Å²) in [5.74, 6) is 0.757. The second-order valence-corrected chi connectivity index (χ2v) is 8.94. The minimum atomic E-state index is -1.62. The fourth-order valence-electron chi connectivity index (χ4n) is 4.88. The summed E-state index contributed by atoms with van der Waals surface area (Å²) in [6.07, 6.45) is 4.86. The first-order valence-corrected chi connectivity index (χ1v) is 11.5. The van der Waals surface area contributed by atoms with Gasteiger partial charge in [0.05, 0.1) is 6.54 Å². The largest absolute Gasteiger partial charge is 0.461 e. The van der Waals surface area contributed by atoms with E-state index in [4.69, 9.17) is 9.15 Å². The summed E-state index contributed by atoms with van der Waals surface area (Å²) in [5, 5.41) is 15.0. The number of ether oxygens (including phenoxy) is 1. The van der Waals surface area contributed by atoms with Crippen molar-refractivity contribution in [3.8, 4) is 0 Å². The molecule has 2 aliphatic rings. The van der Waals surface area contributed by atoms with E-state index in [9.17, 15) is 9.90 Å². The van der Waals surface area contributed by atoms with Crippen molar-refractivity contribution in [3.05, 3.63) is 59.5 Å². The lowest BCUT2D eigenvalue weighted by Crippen LogP contribution is -2.49. The van der Waals surface area contributed by atoms with Crippen LogP contribution in [0.4, 0.5) is 0 Å². The van der Waals surface area contributed by atoms with Crippen molar-refractivity contribution in [2.24, 2.45) is 5.92 Å². The summed E-state index contributed by atoms with van der Waals surface area (Å²) in [6.45, 7) is 5.91. The van der Waals surface area contributed by atoms with Crippen LogP contribution >= 0.6 is 0 Å². The van der Waals surface area contributed by atoms with Gasteiger partial charge in [-0.25, -0.2) is 4.79 Å². The topological polar surface area (TPSA) is 74.9 Å². The SMILES string of the molecule is CC1CNCCN1Cc1ccc(COC(=O)[C@](O)(c2ccccc2)C2CCCCC2)o1.